The van der Waals surface area contributed by atoms with Crippen LogP contribution in [0.5, 0.6) is 0 Å². The van der Waals surface area contributed by atoms with E-state index in [0.29, 0.717) is 23.7 Å². The number of rotatable bonds is 7. The predicted octanol–water partition coefficient (Wildman–Crippen LogP) is 7.15. The highest BCUT2D eigenvalue weighted by Gasteiger charge is 2.61. The topological polar surface area (TPSA) is 46.5 Å². The first kappa shape index (κ1) is 25.5. The van der Waals surface area contributed by atoms with Crippen LogP contribution < -0.4 is 0 Å². The molecule has 3 saturated carbocycles. The molecule has 3 fully saturated rings. The average molecular weight is 479 g/mol. The number of hydrogen-bond donors (Lipinski definition) is 1. The molecule has 4 heteroatoms. The largest absolute Gasteiger partial charge is 0.460 e. The van der Waals surface area contributed by atoms with E-state index in [1.54, 1.807) is 0 Å². The van der Waals surface area contributed by atoms with E-state index in [9.17, 15) is 9.90 Å². The Morgan fingerprint density at radius 3 is 2.64 bits per heavy atom. The van der Waals surface area contributed by atoms with Crippen LogP contribution in [0.2, 0.25) is 0 Å². The first-order chi connectivity index (χ1) is 15.6. The van der Waals surface area contributed by atoms with Crippen molar-refractivity contribution in [1.82, 2.24) is 0 Å². The Morgan fingerprint density at radius 2 is 1.94 bits per heavy atom. The summed E-state index contributed by atoms with van der Waals surface area (Å²) in [5.41, 5.74) is 1.61. The highest BCUT2D eigenvalue weighted by molar-refractivity contribution is 6.26. The van der Waals surface area contributed by atoms with Gasteiger partial charge in [-0.3, -0.25) is 4.79 Å². The van der Waals surface area contributed by atoms with Gasteiger partial charge in [0.25, 0.3) is 0 Å². The summed E-state index contributed by atoms with van der Waals surface area (Å²) in [5.74, 6) is 3.94. The zero-order valence-electron chi connectivity index (χ0n) is 21.6. The Bertz CT molecular complexity index is 747. The van der Waals surface area contributed by atoms with Gasteiger partial charge in [-0.2, -0.15) is 0 Å². The molecule has 0 aliphatic heterocycles. The third-order valence-corrected chi connectivity index (χ3v) is 10.9. The molecule has 3 nitrogen and oxygen atoms in total. The average Bonchev–Trinajstić information content (AvgIpc) is 3.11. The van der Waals surface area contributed by atoms with E-state index in [4.69, 9.17) is 16.3 Å². The predicted molar refractivity (Wildman–Crippen MR) is 135 cm³/mol. The molecule has 0 heterocycles. The van der Waals surface area contributed by atoms with Gasteiger partial charge in [-0.15, -0.1) is 11.6 Å². The minimum Gasteiger partial charge on any atom is -0.460 e. The molecule has 4 aliphatic rings. The second-order valence-electron chi connectivity index (χ2n) is 12.9. The molecule has 0 aromatic rings. The molecule has 4 rings (SSSR count). The molecule has 4 aliphatic carbocycles. The Kier molecular flexibility index (Phi) is 7.62. The van der Waals surface area contributed by atoms with Gasteiger partial charge >= 0.3 is 5.97 Å². The third-order valence-electron chi connectivity index (χ3n) is 10.7. The zero-order chi connectivity index (χ0) is 24.0. The molecule has 0 radical (unpaired) electrons. The summed E-state index contributed by atoms with van der Waals surface area (Å²) < 4.78 is 5.92. The van der Waals surface area contributed by atoms with Crippen LogP contribution in [-0.2, 0) is 9.53 Å². The lowest BCUT2D eigenvalue weighted by atomic mass is 9.46. The van der Waals surface area contributed by atoms with Crippen molar-refractivity contribution in [2.24, 2.45) is 46.3 Å². The van der Waals surface area contributed by atoms with E-state index in [1.807, 2.05) is 0 Å². The maximum atomic E-state index is 12.2. The molecule has 1 unspecified atom stereocenters. The monoisotopic (exact) mass is 478 g/mol. The molecule has 9 atom stereocenters. The highest BCUT2D eigenvalue weighted by atomic mass is 35.5. The van der Waals surface area contributed by atoms with Crippen LogP contribution in [0, 0.1) is 46.3 Å². The smallest absolute Gasteiger partial charge is 0.321 e. The van der Waals surface area contributed by atoms with Gasteiger partial charge in [-0.1, -0.05) is 65.5 Å². The summed E-state index contributed by atoms with van der Waals surface area (Å²) in [5, 5.41) is 10.5. The molecule has 1 N–H and O–H groups in total. The highest BCUT2D eigenvalue weighted by Crippen LogP contribution is 2.67. The first-order valence-corrected chi connectivity index (χ1v) is 14.3. The summed E-state index contributed by atoms with van der Waals surface area (Å²) in [6.07, 6.45) is 13.5. The molecular formula is C29H47ClO3. The summed E-state index contributed by atoms with van der Waals surface area (Å²) in [6, 6.07) is 0. The van der Waals surface area contributed by atoms with Gasteiger partial charge in [-0.05, 0) is 79.4 Å². The van der Waals surface area contributed by atoms with Crippen molar-refractivity contribution in [3.63, 3.8) is 0 Å². The molecule has 0 amide bonds. The fraction of sp³-hybridized carbons (Fsp3) is 0.897. The molecule has 33 heavy (non-hydrogen) atoms. The van der Waals surface area contributed by atoms with Crippen LogP contribution in [0.25, 0.3) is 0 Å². The lowest BCUT2D eigenvalue weighted by Gasteiger charge is -2.60. The maximum absolute atomic E-state index is 12.2. The SMILES string of the molecule is CC(C)CCC[C@@H](C)[C@H]1CC[C@H]2[C@@H]3CC=C4C[C@@H](O)CC(OC(=O)CCl)[C@]4(C)[C@H]3CC[C@]12C. The van der Waals surface area contributed by atoms with Crippen LogP contribution in [0.3, 0.4) is 0 Å². The Morgan fingerprint density at radius 1 is 1.18 bits per heavy atom. The lowest BCUT2D eigenvalue weighted by Crippen LogP contribution is -2.56. The van der Waals surface area contributed by atoms with Crippen molar-refractivity contribution >= 4 is 17.6 Å². The fourth-order valence-electron chi connectivity index (χ4n) is 9.06. The molecule has 188 valence electrons. The fourth-order valence-corrected chi connectivity index (χ4v) is 9.12. The summed E-state index contributed by atoms with van der Waals surface area (Å²) >= 11 is 5.80. The van der Waals surface area contributed by atoms with Crippen LogP contribution in [0.15, 0.2) is 11.6 Å². The standard InChI is InChI=1S/C29H47ClO3/c1-18(2)7-6-8-19(3)23-11-12-24-22-10-9-20-15-21(31)16-26(33-27(32)17-30)29(20,5)25(22)13-14-28(23,24)4/h9,18-19,21-26,31H,6-8,10-17H2,1-5H3/t19-,21-,22+,23-,24+,25+,26?,28-,29+/m1/s1. The van der Waals surface area contributed by atoms with E-state index in [-0.39, 0.29) is 23.4 Å². The number of hydrogen-bond acceptors (Lipinski definition) is 3. The Hall–Kier alpha value is -0.540. The van der Waals surface area contributed by atoms with E-state index >= 15 is 0 Å². The number of aliphatic hydroxyl groups is 1. The zero-order valence-corrected chi connectivity index (χ0v) is 22.4. The van der Waals surface area contributed by atoms with Crippen LogP contribution >= 0.6 is 11.6 Å². The summed E-state index contributed by atoms with van der Waals surface area (Å²) in [4.78, 5) is 12.2. The number of ether oxygens (including phenoxy) is 1. The molecular weight excluding hydrogens is 432 g/mol. The summed E-state index contributed by atoms with van der Waals surface area (Å²) in [7, 11) is 0. The molecule has 0 saturated heterocycles. The molecule has 0 aromatic heterocycles. The van der Waals surface area contributed by atoms with Crippen molar-refractivity contribution in [2.45, 2.75) is 111 Å². The van der Waals surface area contributed by atoms with Gasteiger partial charge < -0.3 is 9.84 Å². The van der Waals surface area contributed by atoms with Gasteiger partial charge in [0.2, 0.25) is 0 Å². The van der Waals surface area contributed by atoms with Crippen molar-refractivity contribution in [2.75, 3.05) is 5.88 Å². The third kappa shape index (κ3) is 4.55. The molecule has 0 spiro atoms. The normalized spacial score (nSPS) is 43.3. The quantitative estimate of drug-likeness (QED) is 0.240. The van der Waals surface area contributed by atoms with Crippen molar-refractivity contribution < 1.29 is 14.6 Å². The Balaban J connectivity index is 1.55. The minimum absolute atomic E-state index is 0.118. The van der Waals surface area contributed by atoms with Gasteiger partial charge in [0.05, 0.1) is 6.10 Å². The maximum Gasteiger partial charge on any atom is 0.321 e. The number of carbonyl (C=O) groups excluding carboxylic acids is 1. The number of halogens is 1. The number of allylic oxidation sites excluding steroid dienone is 1. The first-order valence-electron chi connectivity index (χ1n) is 13.7. The van der Waals surface area contributed by atoms with E-state index in [2.05, 4.69) is 40.7 Å². The number of carbonyl (C=O) groups is 1. The molecule has 0 aromatic carbocycles. The lowest BCUT2D eigenvalue weighted by molar-refractivity contribution is -0.166. The van der Waals surface area contributed by atoms with Gasteiger partial charge in [0.1, 0.15) is 12.0 Å². The summed E-state index contributed by atoms with van der Waals surface area (Å²) in [6.45, 7) is 12.1. The van der Waals surface area contributed by atoms with Crippen LogP contribution in [0.1, 0.15) is 98.8 Å². The second-order valence-corrected chi connectivity index (χ2v) is 13.1. The van der Waals surface area contributed by atoms with Crippen molar-refractivity contribution in [3.8, 4) is 0 Å². The molecule has 0 bridgehead atoms. The number of alkyl halides is 1. The Labute approximate surface area is 207 Å². The second kappa shape index (κ2) is 9.84. The van der Waals surface area contributed by atoms with Gasteiger partial charge in [0, 0.05) is 11.8 Å². The van der Waals surface area contributed by atoms with E-state index < -0.39 is 6.10 Å². The van der Waals surface area contributed by atoms with Gasteiger partial charge in [-0.25, -0.2) is 0 Å². The van der Waals surface area contributed by atoms with Crippen molar-refractivity contribution in [1.29, 1.82) is 0 Å². The van der Waals surface area contributed by atoms with Crippen LogP contribution in [0.4, 0.5) is 0 Å². The number of fused-ring (bicyclic) bond motifs is 5. The number of aliphatic hydroxyl groups excluding tert-OH is 1. The minimum atomic E-state index is -0.426. The van der Waals surface area contributed by atoms with Crippen LogP contribution in [-0.4, -0.2) is 29.2 Å². The van der Waals surface area contributed by atoms with E-state index in [0.717, 1.165) is 36.5 Å². The van der Waals surface area contributed by atoms with Gasteiger partial charge in [0.15, 0.2) is 0 Å². The number of esters is 1. The van der Waals surface area contributed by atoms with E-state index in [1.165, 1.54) is 50.5 Å². The van der Waals surface area contributed by atoms with Crippen molar-refractivity contribution in [3.05, 3.63) is 11.6 Å².